The van der Waals surface area contributed by atoms with Crippen LogP contribution in [0.5, 0.6) is 11.5 Å². The summed E-state index contributed by atoms with van der Waals surface area (Å²) in [7, 11) is 0. The van der Waals surface area contributed by atoms with Gasteiger partial charge in [0.25, 0.3) is 11.4 Å². The number of phenols is 2. The van der Waals surface area contributed by atoms with Crippen molar-refractivity contribution in [1.82, 2.24) is 0 Å². The molecule has 14 heteroatoms. The minimum Gasteiger partial charge on any atom is -1.00 e. The van der Waals surface area contributed by atoms with Gasteiger partial charge in [0.15, 0.2) is 0 Å². The number of hydrogen-bond acceptors (Lipinski definition) is 10. The highest BCUT2D eigenvalue weighted by Crippen LogP contribution is 2.22. The van der Waals surface area contributed by atoms with Crippen molar-refractivity contribution in [1.29, 1.82) is 0 Å². The molecule has 0 saturated carbocycles. The average molecular weight is 546 g/mol. The molecule has 0 unspecified atom stereocenters. The molecule has 158 valence electrons. The third-order valence-corrected chi connectivity index (χ3v) is 4.01. The van der Waals surface area contributed by atoms with Crippen molar-refractivity contribution in [2.75, 3.05) is 6.26 Å². The number of benzene rings is 2. The lowest BCUT2D eigenvalue weighted by Gasteiger charge is -1.98. The fraction of sp³-hybridized carbons (Fsp3) is 0.0625. The van der Waals surface area contributed by atoms with E-state index in [1.54, 1.807) is 6.26 Å². The summed E-state index contributed by atoms with van der Waals surface area (Å²) in [6.07, 6.45) is 4.09. The van der Waals surface area contributed by atoms with Crippen LogP contribution in [-0.4, -0.2) is 43.9 Å². The number of quaternary nitrogens is 1. The zero-order chi connectivity index (χ0) is 21.4. The molecule has 2 aromatic rings. The van der Waals surface area contributed by atoms with Gasteiger partial charge in [-0.05, 0) is 30.2 Å². The summed E-state index contributed by atoms with van der Waals surface area (Å²) < 4.78 is 0. The van der Waals surface area contributed by atoms with Crippen LogP contribution in [0.3, 0.4) is 0 Å². The predicted molar refractivity (Wildman–Crippen MR) is 108 cm³/mol. The van der Waals surface area contributed by atoms with Crippen LogP contribution >= 0.6 is 11.8 Å². The van der Waals surface area contributed by atoms with Crippen LogP contribution in [0.2, 0.25) is 0 Å². The van der Waals surface area contributed by atoms with Gasteiger partial charge < -0.3 is 34.2 Å². The molecule has 2 aromatic carbocycles. The van der Waals surface area contributed by atoms with E-state index in [4.69, 9.17) is 0 Å². The summed E-state index contributed by atoms with van der Waals surface area (Å²) in [5, 5.41) is 53.0. The maximum absolute atomic E-state index is 10.8. The number of nitro groups is 2. The molecule has 0 radical (unpaired) electrons. The van der Waals surface area contributed by atoms with Crippen molar-refractivity contribution < 1.29 is 49.5 Å². The molecule has 0 aromatic heterocycles. The lowest BCUT2D eigenvalue weighted by molar-refractivity contribution is -0.539. The third-order valence-electron chi connectivity index (χ3n) is 3.40. The highest BCUT2D eigenvalue weighted by atomic mass is 127. The standard InChI is InChI=1S/C16H14N6O6S.HI/c1-29-16(19-17-8-10-6-12(21(25)26)2-4-14(10)23)20-18-9-11-7-13(22(27)28)3-5-15(11)24;/h2-9,23-24H,1H3,(H,19,20);1H/b17-8+,18-9+;. The molecule has 0 heterocycles. The normalized spacial score (nSPS) is 11.6. The van der Waals surface area contributed by atoms with Crippen LogP contribution in [0.4, 0.5) is 11.4 Å². The van der Waals surface area contributed by atoms with E-state index in [-0.39, 0.29) is 58.0 Å². The van der Waals surface area contributed by atoms with Gasteiger partial charge in [-0.2, -0.15) is 10.5 Å². The molecule has 30 heavy (non-hydrogen) atoms. The van der Waals surface area contributed by atoms with Gasteiger partial charge in [-0.25, -0.2) is 0 Å². The number of thioether (sulfide) groups is 1. The summed E-state index contributed by atoms with van der Waals surface area (Å²) in [5.74, 6) is -0.363. The van der Waals surface area contributed by atoms with Crippen LogP contribution in [0.1, 0.15) is 11.1 Å². The van der Waals surface area contributed by atoms with E-state index in [1.807, 2.05) is 0 Å². The Labute approximate surface area is 190 Å². The zero-order valence-corrected chi connectivity index (χ0v) is 18.2. The molecular weight excluding hydrogens is 531 g/mol. The Morgan fingerprint density at radius 2 is 1.50 bits per heavy atom. The Bertz CT molecular complexity index is 1030. The highest BCUT2D eigenvalue weighted by Gasteiger charge is 2.10. The van der Waals surface area contributed by atoms with E-state index >= 15 is 0 Å². The first-order valence-electron chi connectivity index (χ1n) is 7.78. The number of rotatable bonds is 6. The van der Waals surface area contributed by atoms with Crippen molar-refractivity contribution in [3.05, 3.63) is 67.8 Å². The second kappa shape index (κ2) is 11.8. The number of nitrogens with zero attached hydrogens (tertiary/aromatic N) is 5. The van der Waals surface area contributed by atoms with E-state index in [9.17, 15) is 30.4 Å². The van der Waals surface area contributed by atoms with E-state index in [0.717, 1.165) is 18.3 Å². The van der Waals surface area contributed by atoms with E-state index in [0.29, 0.717) is 5.17 Å². The van der Waals surface area contributed by atoms with Crippen LogP contribution in [-0.2, 0) is 0 Å². The third kappa shape index (κ3) is 7.05. The number of hydrogen-bond donors (Lipinski definition) is 3. The average Bonchev–Trinajstić information content (AvgIpc) is 2.69. The second-order valence-electron chi connectivity index (χ2n) is 5.29. The van der Waals surface area contributed by atoms with E-state index in [1.165, 1.54) is 47.7 Å². The summed E-state index contributed by atoms with van der Waals surface area (Å²) in [5.41, 5.74) is 1.19. The quantitative estimate of drug-likeness (QED) is 0.0992. The number of nitrogens with two attached hydrogens (primary N) is 1. The van der Waals surface area contributed by atoms with Gasteiger partial charge >= 0.3 is 5.17 Å². The van der Waals surface area contributed by atoms with Gasteiger partial charge in [-0.15, -0.1) is 0 Å². The molecule has 4 N–H and O–H groups in total. The van der Waals surface area contributed by atoms with Gasteiger partial charge in [-0.1, -0.05) is 10.2 Å². The van der Waals surface area contributed by atoms with Crippen molar-refractivity contribution in [3.8, 4) is 11.5 Å². The lowest BCUT2D eigenvalue weighted by atomic mass is 10.2. The maximum Gasteiger partial charge on any atom is 0.305 e. The first kappa shape index (κ1) is 24.9. The first-order chi connectivity index (χ1) is 13.8. The second-order valence-corrected chi connectivity index (χ2v) is 6.12. The van der Waals surface area contributed by atoms with Crippen molar-refractivity contribution >= 4 is 40.7 Å². The number of nitro benzene ring substituents is 2. The van der Waals surface area contributed by atoms with Crippen molar-refractivity contribution in [2.24, 2.45) is 15.3 Å². The van der Waals surface area contributed by atoms with Crippen LogP contribution in [0.15, 0.2) is 51.7 Å². The molecule has 0 atom stereocenters. The molecule has 0 spiro atoms. The smallest absolute Gasteiger partial charge is 0.305 e. The maximum atomic E-state index is 10.8. The van der Waals surface area contributed by atoms with Gasteiger partial charge in [-0.3, -0.25) is 20.2 Å². The summed E-state index contributed by atoms with van der Waals surface area (Å²) in [6.45, 7) is 0. The van der Waals surface area contributed by atoms with Crippen LogP contribution < -0.4 is 29.4 Å². The summed E-state index contributed by atoms with van der Waals surface area (Å²) >= 11 is 1.19. The minimum atomic E-state index is -0.598. The molecule has 0 saturated heterocycles. The molecule has 0 bridgehead atoms. The van der Waals surface area contributed by atoms with E-state index in [2.05, 4.69) is 15.3 Å². The van der Waals surface area contributed by atoms with E-state index < -0.39 is 9.85 Å². The topological polar surface area (TPSA) is 180 Å². The van der Waals surface area contributed by atoms with Gasteiger partial charge in [0.05, 0.1) is 22.3 Å². The Kier molecular flexibility index (Phi) is 9.79. The minimum absolute atomic E-state index is 0. The number of aromatic hydroxyl groups is 2. The van der Waals surface area contributed by atoms with Crippen LogP contribution in [0.25, 0.3) is 0 Å². The number of amidine groups is 1. The largest absolute Gasteiger partial charge is 1.00 e. The molecule has 2 rings (SSSR count). The Morgan fingerprint density at radius 1 is 1.00 bits per heavy atom. The zero-order valence-electron chi connectivity index (χ0n) is 15.2. The number of halogens is 1. The number of non-ortho nitro benzene ring substituents is 2. The summed E-state index contributed by atoms with van der Waals surface area (Å²) in [6, 6.07) is 7.03. The predicted octanol–water partition coefficient (Wildman–Crippen LogP) is -1.43. The van der Waals surface area contributed by atoms with Crippen LogP contribution in [0, 0.1) is 20.2 Å². The molecule has 12 nitrogen and oxygen atoms in total. The van der Waals surface area contributed by atoms with Gasteiger partial charge in [0.1, 0.15) is 11.5 Å². The Morgan fingerprint density at radius 3 is 1.97 bits per heavy atom. The molecule has 0 aliphatic rings. The van der Waals surface area contributed by atoms with Crippen molar-refractivity contribution in [3.63, 3.8) is 0 Å². The van der Waals surface area contributed by atoms with Crippen molar-refractivity contribution in [2.45, 2.75) is 0 Å². The Hall–Kier alpha value is -3.11. The molecule has 0 aliphatic heterocycles. The summed E-state index contributed by atoms with van der Waals surface area (Å²) in [4.78, 5) is 20.4. The molecule has 0 fully saturated rings. The van der Waals surface area contributed by atoms with Gasteiger partial charge in [0.2, 0.25) is 0 Å². The van der Waals surface area contributed by atoms with Gasteiger partial charge in [0, 0.05) is 35.4 Å². The lowest BCUT2D eigenvalue weighted by Crippen LogP contribution is -3.00. The molecule has 0 aliphatic carbocycles. The Balaban J connectivity index is 0.00000450. The number of phenolic OH excluding ortho intramolecular Hbond substituents is 2. The SMILES string of the molecule is CS/C(=N/N=C/c1cc([N+](=O)[O-])ccc1O)[NH2+]/N=C/c1cc([N+](=O)[O-])ccc1O.[I-]. The highest BCUT2D eigenvalue weighted by molar-refractivity contribution is 8.12. The molecule has 0 amide bonds. The molecular formula is C16H15IN6O6S. The first-order valence-corrected chi connectivity index (χ1v) is 9.00. The fourth-order valence-corrected chi connectivity index (χ4v) is 2.26. The monoisotopic (exact) mass is 546 g/mol. The fourth-order valence-electron chi connectivity index (χ4n) is 1.97.